The highest BCUT2D eigenvalue weighted by atomic mass is 32.1. The van der Waals surface area contributed by atoms with Crippen LogP contribution in [0.15, 0.2) is 6.07 Å². The molecule has 2 nitrogen and oxygen atoms in total. The maximum Gasteiger partial charge on any atom is 0.0217 e. The maximum absolute atomic E-state index is 3.50. The fourth-order valence-electron chi connectivity index (χ4n) is 1.46. The van der Waals surface area contributed by atoms with E-state index in [9.17, 15) is 0 Å². The van der Waals surface area contributed by atoms with Gasteiger partial charge in [-0.15, -0.1) is 11.3 Å². The number of likely N-dealkylation sites (N-methyl/N-ethyl adjacent to an activating group) is 1. The number of hydrogen-bond acceptors (Lipinski definition) is 3. The summed E-state index contributed by atoms with van der Waals surface area (Å²) in [7, 11) is 4.23. The molecule has 1 heterocycles. The van der Waals surface area contributed by atoms with Crippen LogP contribution in [0.4, 0.5) is 0 Å². The van der Waals surface area contributed by atoms with Crippen LogP contribution in [-0.2, 0) is 6.54 Å². The number of thiophene rings is 1. The monoisotopic (exact) mass is 226 g/mol. The topological polar surface area (TPSA) is 15.3 Å². The Balaban J connectivity index is 2.35. The summed E-state index contributed by atoms with van der Waals surface area (Å²) in [6, 6.07) is 2.87. The molecule has 0 aliphatic carbocycles. The molecular weight excluding hydrogens is 204 g/mol. The van der Waals surface area contributed by atoms with Crippen LogP contribution in [0.5, 0.6) is 0 Å². The molecule has 1 N–H and O–H groups in total. The van der Waals surface area contributed by atoms with Gasteiger partial charge in [-0.25, -0.2) is 0 Å². The molecule has 0 bridgehead atoms. The molecule has 0 aliphatic heterocycles. The summed E-state index contributed by atoms with van der Waals surface area (Å²) in [5.41, 5.74) is 1.45. The van der Waals surface area contributed by atoms with Gasteiger partial charge in [0, 0.05) is 28.9 Å². The van der Waals surface area contributed by atoms with Crippen molar-refractivity contribution in [3.63, 3.8) is 0 Å². The van der Waals surface area contributed by atoms with Crippen molar-refractivity contribution in [3.8, 4) is 0 Å². The van der Waals surface area contributed by atoms with Gasteiger partial charge >= 0.3 is 0 Å². The third-order valence-corrected chi connectivity index (χ3v) is 3.79. The summed E-state index contributed by atoms with van der Waals surface area (Å²) in [5, 5.41) is 3.50. The van der Waals surface area contributed by atoms with Crippen LogP contribution in [-0.4, -0.2) is 31.6 Å². The Bertz CT molecular complexity index is 305. The Kier molecular flexibility index (Phi) is 4.77. The van der Waals surface area contributed by atoms with Crippen molar-refractivity contribution >= 4 is 11.3 Å². The van der Waals surface area contributed by atoms with E-state index in [0.717, 1.165) is 13.1 Å². The van der Waals surface area contributed by atoms with Crippen molar-refractivity contribution in [1.82, 2.24) is 10.2 Å². The second-order valence-electron chi connectivity index (χ2n) is 4.38. The zero-order valence-electron chi connectivity index (χ0n) is 10.4. The molecule has 0 saturated carbocycles. The first-order valence-electron chi connectivity index (χ1n) is 5.43. The van der Waals surface area contributed by atoms with Crippen molar-refractivity contribution < 1.29 is 0 Å². The smallest absolute Gasteiger partial charge is 0.0217 e. The molecule has 0 aromatic carbocycles. The minimum absolute atomic E-state index is 0.588. The average Bonchev–Trinajstić information content (AvgIpc) is 2.45. The van der Waals surface area contributed by atoms with Crippen LogP contribution in [0.25, 0.3) is 0 Å². The second kappa shape index (κ2) is 5.64. The molecule has 0 saturated heterocycles. The largest absolute Gasteiger partial charge is 0.311 e. The number of hydrogen-bond donors (Lipinski definition) is 1. The van der Waals surface area contributed by atoms with Crippen LogP contribution in [0.1, 0.15) is 22.2 Å². The van der Waals surface area contributed by atoms with Gasteiger partial charge in [0.25, 0.3) is 0 Å². The summed E-state index contributed by atoms with van der Waals surface area (Å²) in [4.78, 5) is 5.08. The van der Waals surface area contributed by atoms with E-state index < -0.39 is 0 Å². The molecule has 86 valence electrons. The summed E-state index contributed by atoms with van der Waals surface area (Å²) in [6.45, 7) is 8.64. The lowest BCUT2D eigenvalue weighted by atomic mass is 10.2. The second-order valence-corrected chi connectivity index (χ2v) is 5.84. The predicted octanol–water partition coefficient (Wildman–Crippen LogP) is 2.40. The highest BCUT2D eigenvalue weighted by Gasteiger charge is 2.05. The Morgan fingerprint density at radius 1 is 1.40 bits per heavy atom. The molecule has 0 amide bonds. The Morgan fingerprint density at radius 3 is 2.53 bits per heavy atom. The lowest BCUT2D eigenvalue weighted by Gasteiger charge is -2.19. The van der Waals surface area contributed by atoms with Crippen molar-refractivity contribution in [2.45, 2.75) is 33.4 Å². The van der Waals surface area contributed by atoms with Gasteiger partial charge < -0.3 is 10.2 Å². The lowest BCUT2D eigenvalue weighted by molar-refractivity contribution is 0.302. The van der Waals surface area contributed by atoms with E-state index in [0.29, 0.717) is 6.04 Å². The van der Waals surface area contributed by atoms with Crippen molar-refractivity contribution in [1.29, 1.82) is 0 Å². The first-order chi connectivity index (χ1) is 7.00. The highest BCUT2D eigenvalue weighted by Crippen LogP contribution is 2.20. The molecule has 1 rings (SSSR count). The maximum atomic E-state index is 3.50. The van der Waals surface area contributed by atoms with E-state index in [1.165, 1.54) is 15.3 Å². The standard InChI is InChI=1S/C12H22N2S/c1-9(14(4)5)7-13-8-12-6-10(2)15-11(12)3/h6,9,13H,7-8H2,1-5H3. The van der Waals surface area contributed by atoms with Crippen LogP contribution < -0.4 is 5.32 Å². The van der Waals surface area contributed by atoms with Crippen molar-refractivity contribution in [3.05, 3.63) is 21.4 Å². The first-order valence-corrected chi connectivity index (χ1v) is 6.25. The number of nitrogens with one attached hydrogen (secondary N) is 1. The number of rotatable bonds is 5. The first kappa shape index (κ1) is 12.7. The number of aryl methyl sites for hydroxylation is 2. The van der Waals surface area contributed by atoms with Gasteiger partial charge in [0.05, 0.1) is 0 Å². The molecule has 15 heavy (non-hydrogen) atoms. The predicted molar refractivity (Wildman–Crippen MR) is 68.6 cm³/mol. The molecule has 0 fully saturated rings. The molecule has 1 aromatic rings. The third kappa shape index (κ3) is 3.93. The van der Waals surface area contributed by atoms with Crippen LogP contribution in [0.2, 0.25) is 0 Å². The van der Waals surface area contributed by atoms with Crippen molar-refractivity contribution in [2.24, 2.45) is 0 Å². The quantitative estimate of drug-likeness (QED) is 0.829. The summed E-state index contributed by atoms with van der Waals surface area (Å²) in [5.74, 6) is 0. The average molecular weight is 226 g/mol. The lowest BCUT2D eigenvalue weighted by Crippen LogP contribution is -2.35. The molecule has 1 atom stereocenters. The van der Waals surface area contributed by atoms with Gasteiger partial charge in [-0.3, -0.25) is 0 Å². The van der Waals surface area contributed by atoms with E-state index in [-0.39, 0.29) is 0 Å². The molecule has 0 spiro atoms. The summed E-state index contributed by atoms with van der Waals surface area (Å²) >= 11 is 1.88. The molecule has 0 aliphatic rings. The van der Waals surface area contributed by atoms with E-state index in [1.807, 2.05) is 11.3 Å². The van der Waals surface area contributed by atoms with Crippen LogP contribution in [0, 0.1) is 13.8 Å². The van der Waals surface area contributed by atoms with Gasteiger partial charge in [0.15, 0.2) is 0 Å². The highest BCUT2D eigenvalue weighted by molar-refractivity contribution is 7.12. The molecule has 3 heteroatoms. The summed E-state index contributed by atoms with van der Waals surface area (Å²) in [6.07, 6.45) is 0. The van der Waals surface area contributed by atoms with Gasteiger partial charge in [0.1, 0.15) is 0 Å². The minimum atomic E-state index is 0.588. The van der Waals surface area contributed by atoms with E-state index >= 15 is 0 Å². The Hall–Kier alpha value is -0.380. The SMILES string of the molecule is Cc1cc(CNCC(C)N(C)C)c(C)s1. The van der Waals surface area contributed by atoms with E-state index in [4.69, 9.17) is 0 Å². The fraction of sp³-hybridized carbons (Fsp3) is 0.667. The molecule has 0 radical (unpaired) electrons. The normalized spacial score (nSPS) is 13.5. The van der Waals surface area contributed by atoms with Gasteiger partial charge in [-0.2, -0.15) is 0 Å². The van der Waals surface area contributed by atoms with Gasteiger partial charge in [-0.1, -0.05) is 0 Å². The Labute approximate surface area is 97.3 Å². The van der Waals surface area contributed by atoms with Gasteiger partial charge in [0.2, 0.25) is 0 Å². The molecule has 1 unspecified atom stereocenters. The number of nitrogens with zero attached hydrogens (tertiary/aromatic N) is 1. The Morgan fingerprint density at radius 2 is 2.07 bits per heavy atom. The summed E-state index contributed by atoms with van der Waals surface area (Å²) < 4.78 is 0. The zero-order valence-corrected chi connectivity index (χ0v) is 11.2. The van der Waals surface area contributed by atoms with Crippen molar-refractivity contribution in [2.75, 3.05) is 20.6 Å². The zero-order chi connectivity index (χ0) is 11.4. The third-order valence-electron chi connectivity index (χ3n) is 2.78. The van der Waals surface area contributed by atoms with Gasteiger partial charge in [-0.05, 0) is 46.5 Å². The van der Waals surface area contributed by atoms with E-state index in [1.54, 1.807) is 0 Å². The molecular formula is C12H22N2S. The molecule has 1 aromatic heterocycles. The van der Waals surface area contributed by atoms with Crippen LogP contribution in [0.3, 0.4) is 0 Å². The fourth-order valence-corrected chi connectivity index (χ4v) is 2.40. The van der Waals surface area contributed by atoms with Crippen LogP contribution >= 0.6 is 11.3 Å². The van der Waals surface area contributed by atoms with E-state index in [2.05, 4.69) is 51.1 Å². The minimum Gasteiger partial charge on any atom is -0.311 e.